The molecule has 0 spiro atoms. The number of hydrogen-bond donors (Lipinski definition) is 1. The summed E-state index contributed by atoms with van der Waals surface area (Å²) in [5, 5.41) is 4.11. The minimum absolute atomic E-state index is 0.162. The van der Waals surface area contributed by atoms with Gasteiger partial charge in [-0.3, -0.25) is 9.59 Å². The number of piperidine rings is 1. The molecule has 0 bridgehead atoms. The summed E-state index contributed by atoms with van der Waals surface area (Å²) in [6.07, 6.45) is 4.39. The maximum atomic E-state index is 12.6. The van der Waals surface area contributed by atoms with Crippen molar-refractivity contribution in [2.24, 2.45) is 0 Å². The number of nitrogens with zero attached hydrogens (tertiary/aromatic N) is 3. The van der Waals surface area contributed by atoms with Gasteiger partial charge in [0, 0.05) is 37.7 Å². The predicted molar refractivity (Wildman–Crippen MR) is 115 cm³/mol. The standard InChI is InChI=1S/C23H26N4O4/c1-2-30-19-7-3-16(4-8-19)5-10-21(29)27-13-11-17(12-14-27)22-25-23(31-26-22)18-6-9-20(28)24-15-18/h3-4,6-9,15,17H,2,5,10-14H2,1H3,(H,24,28). The van der Waals surface area contributed by atoms with Gasteiger partial charge in [-0.15, -0.1) is 0 Å². The largest absolute Gasteiger partial charge is 0.494 e. The lowest BCUT2D eigenvalue weighted by molar-refractivity contribution is -0.132. The summed E-state index contributed by atoms with van der Waals surface area (Å²) in [7, 11) is 0. The number of benzene rings is 1. The molecule has 1 aromatic carbocycles. The highest BCUT2D eigenvalue weighted by atomic mass is 16.5. The van der Waals surface area contributed by atoms with Crippen molar-refractivity contribution in [1.29, 1.82) is 0 Å². The summed E-state index contributed by atoms with van der Waals surface area (Å²) in [5.74, 6) is 2.23. The lowest BCUT2D eigenvalue weighted by Crippen LogP contribution is -2.38. The third-order valence-electron chi connectivity index (χ3n) is 5.55. The molecule has 3 aromatic rings. The molecule has 1 aliphatic rings. The third kappa shape index (κ3) is 5.20. The Morgan fingerprint density at radius 1 is 1.19 bits per heavy atom. The maximum Gasteiger partial charge on any atom is 0.259 e. The average molecular weight is 422 g/mol. The number of aromatic nitrogens is 3. The first-order valence-electron chi connectivity index (χ1n) is 10.6. The Hall–Kier alpha value is -3.42. The van der Waals surface area contributed by atoms with Gasteiger partial charge in [-0.2, -0.15) is 4.98 Å². The van der Waals surface area contributed by atoms with E-state index in [2.05, 4.69) is 15.1 Å². The lowest BCUT2D eigenvalue weighted by atomic mass is 9.95. The van der Waals surface area contributed by atoms with Crippen LogP contribution in [0.5, 0.6) is 5.75 Å². The van der Waals surface area contributed by atoms with Gasteiger partial charge >= 0.3 is 0 Å². The van der Waals surface area contributed by atoms with Crippen molar-refractivity contribution in [2.75, 3.05) is 19.7 Å². The van der Waals surface area contributed by atoms with E-state index in [4.69, 9.17) is 9.26 Å². The van der Waals surface area contributed by atoms with E-state index in [1.165, 1.54) is 6.07 Å². The quantitative estimate of drug-likeness (QED) is 0.628. The monoisotopic (exact) mass is 422 g/mol. The van der Waals surface area contributed by atoms with Crippen LogP contribution in [0.15, 0.2) is 51.9 Å². The molecule has 1 saturated heterocycles. The van der Waals surface area contributed by atoms with Gasteiger partial charge < -0.3 is 19.1 Å². The Bertz CT molecular complexity index is 1050. The fourth-order valence-electron chi connectivity index (χ4n) is 3.78. The summed E-state index contributed by atoms with van der Waals surface area (Å²) in [6.45, 7) is 3.98. The van der Waals surface area contributed by atoms with Gasteiger partial charge in [0.15, 0.2) is 5.82 Å². The van der Waals surface area contributed by atoms with Crippen molar-refractivity contribution in [3.63, 3.8) is 0 Å². The maximum absolute atomic E-state index is 12.6. The molecule has 8 nitrogen and oxygen atoms in total. The van der Waals surface area contributed by atoms with Gasteiger partial charge in [0.1, 0.15) is 5.75 Å². The van der Waals surface area contributed by atoms with Crippen molar-refractivity contribution >= 4 is 5.91 Å². The topological polar surface area (TPSA) is 101 Å². The molecule has 1 N–H and O–H groups in total. The molecule has 0 saturated carbocycles. The molecule has 0 atom stereocenters. The first-order valence-corrected chi connectivity index (χ1v) is 10.6. The van der Waals surface area contributed by atoms with Gasteiger partial charge in [0.25, 0.3) is 5.89 Å². The molecule has 1 aliphatic heterocycles. The Balaban J connectivity index is 1.27. The Kier molecular flexibility index (Phi) is 6.45. The number of rotatable bonds is 7. The van der Waals surface area contributed by atoms with Crippen LogP contribution in [-0.4, -0.2) is 45.6 Å². The number of carbonyl (C=O) groups excluding carboxylic acids is 1. The van der Waals surface area contributed by atoms with Gasteiger partial charge in [-0.05, 0) is 49.9 Å². The second-order valence-electron chi connectivity index (χ2n) is 7.63. The highest BCUT2D eigenvalue weighted by Crippen LogP contribution is 2.28. The van der Waals surface area contributed by atoms with E-state index < -0.39 is 0 Å². The summed E-state index contributed by atoms with van der Waals surface area (Å²) in [4.78, 5) is 32.8. The smallest absolute Gasteiger partial charge is 0.259 e. The molecule has 1 fully saturated rings. The van der Waals surface area contributed by atoms with Crippen molar-refractivity contribution in [3.8, 4) is 17.2 Å². The molecule has 0 aliphatic carbocycles. The van der Waals surface area contributed by atoms with Gasteiger partial charge in [0.05, 0.1) is 12.2 Å². The number of H-pyrrole nitrogens is 1. The molecular formula is C23H26N4O4. The number of ether oxygens (including phenoxy) is 1. The molecule has 3 heterocycles. The molecule has 0 radical (unpaired) electrons. The van der Waals surface area contributed by atoms with Crippen LogP contribution in [0.4, 0.5) is 0 Å². The minimum Gasteiger partial charge on any atom is -0.494 e. The Morgan fingerprint density at radius 3 is 2.65 bits per heavy atom. The highest BCUT2D eigenvalue weighted by molar-refractivity contribution is 5.76. The zero-order valence-electron chi connectivity index (χ0n) is 17.5. The second kappa shape index (κ2) is 9.59. The fraction of sp³-hybridized carbons (Fsp3) is 0.391. The molecule has 2 aromatic heterocycles. The number of amides is 1. The normalized spacial score (nSPS) is 14.5. The molecule has 1 amide bonds. The van der Waals surface area contributed by atoms with Crippen molar-refractivity contribution in [3.05, 3.63) is 64.3 Å². The van der Waals surface area contributed by atoms with Crippen LogP contribution in [0.25, 0.3) is 11.5 Å². The van der Waals surface area contributed by atoms with E-state index in [-0.39, 0.29) is 17.4 Å². The van der Waals surface area contributed by atoms with E-state index in [1.54, 1.807) is 12.3 Å². The number of aryl methyl sites for hydroxylation is 1. The molecule has 8 heteroatoms. The van der Waals surface area contributed by atoms with Crippen LogP contribution in [0.1, 0.15) is 43.5 Å². The number of hydrogen-bond acceptors (Lipinski definition) is 6. The fourth-order valence-corrected chi connectivity index (χ4v) is 3.78. The number of nitrogens with one attached hydrogen (secondary N) is 1. The van der Waals surface area contributed by atoms with E-state index in [1.807, 2.05) is 36.1 Å². The Morgan fingerprint density at radius 2 is 1.97 bits per heavy atom. The SMILES string of the molecule is CCOc1ccc(CCC(=O)N2CCC(c3noc(-c4ccc(=O)[nH]c4)n3)CC2)cc1. The van der Waals surface area contributed by atoms with Crippen LogP contribution in [-0.2, 0) is 11.2 Å². The van der Waals surface area contributed by atoms with E-state index in [0.29, 0.717) is 43.4 Å². The number of likely N-dealkylation sites (tertiary alicyclic amines) is 1. The van der Waals surface area contributed by atoms with Crippen molar-refractivity contribution in [2.45, 2.75) is 38.5 Å². The summed E-state index contributed by atoms with van der Waals surface area (Å²) in [5.41, 5.74) is 1.64. The lowest BCUT2D eigenvalue weighted by Gasteiger charge is -2.30. The van der Waals surface area contributed by atoms with Crippen LogP contribution in [0.3, 0.4) is 0 Å². The minimum atomic E-state index is -0.178. The van der Waals surface area contributed by atoms with Crippen LogP contribution >= 0.6 is 0 Å². The molecule has 4 rings (SSSR count). The van der Waals surface area contributed by atoms with Crippen LogP contribution in [0.2, 0.25) is 0 Å². The number of carbonyl (C=O) groups is 1. The zero-order valence-corrected chi connectivity index (χ0v) is 17.5. The van der Waals surface area contributed by atoms with Gasteiger partial charge in [-0.25, -0.2) is 0 Å². The highest BCUT2D eigenvalue weighted by Gasteiger charge is 2.27. The molecule has 31 heavy (non-hydrogen) atoms. The first-order chi connectivity index (χ1) is 15.1. The van der Waals surface area contributed by atoms with E-state index in [9.17, 15) is 9.59 Å². The summed E-state index contributed by atoms with van der Waals surface area (Å²) >= 11 is 0. The molecule has 162 valence electrons. The molecule has 0 unspecified atom stereocenters. The Labute approximate surface area is 180 Å². The van der Waals surface area contributed by atoms with Crippen molar-refractivity contribution < 1.29 is 14.1 Å². The second-order valence-corrected chi connectivity index (χ2v) is 7.63. The molecular weight excluding hydrogens is 396 g/mol. The average Bonchev–Trinajstić information content (AvgIpc) is 3.29. The zero-order chi connectivity index (χ0) is 21.6. The third-order valence-corrected chi connectivity index (χ3v) is 5.55. The van der Waals surface area contributed by atoms with Gasteiger partial charge in [0.2, 0.25) is 11.5 Å². The number of pyridine rings is 1. The predicted octanol–water partition coefficient (Wildman–Crippen LogP) is 3.16. The van der Waals surface area contributed by atoms with Crippen molar-refractivity contribution in [1.82, 2.24) is 20.0 Å². The summed E-state index contributed by atoms with van der Waals surface area (Å²) in [6, 6.07) is 11.0. The number of aromatic amines is 1. The van der Waals surface area contributed by atoms with Gasteiger partial charge in [-0.1, -0.05) is 17.3 Å². The van der Waals surface area contributed by atoms with E-state index in [0.717, 1.165) is 30.6 Å². The summed E-state index contributed by atoms with van der Waals surface area (Å²) < 4.78 is 10.8. The van der Waals surface area contributed by atoms with E-state index >= 15 is 0 Å². The van der Waals surface area contributed by atoms with Crippen LogP contribution in [0, 0.1) is 0 Å². The first kappa shape index (κ1) is 20.8. The van der Waals surface area contributed by atoms with Crippen LogP contribution < -0.4 is 10.3 Å².